The molecule has 1 fully saturated rings. The van der Waals surface area contributed by atoms with E-state index in [1.165, 1.54) is 44.9 Å². The van der Waals surface area contributed by atoms with Crippen molar-refractivity contribution in [2.45, 2.75) is 70.8 Å². The minimum absolute atomic E-state index is 0.110. The molecule has 28 heavy (non-hydrogen) atoms. The first-order valence-electron chi connectivity index (χ1n) is 10.7. The number of rotatable bonds is 12. The summed E-state index contributed by atoms with van der Waals surface area (Å²) >= 11 is 0. The zero-order valence-electron chi connectivity index (χ0n) is 17.1. The van der Waals surface area contributed by atoms with E-state index in [0.717, 1.165) is 12.8 Å². The maximum Gasteiger partial charge on any atom is 0.328 e. The number of β-amino-alcohol motifs (C(OH)–C–C–N with tert-alkyl or cyclic N) is 1. The predicted molar refractivity (Wildman–Crippen MR) is 111 cm³/mol. The van der Waals surface area contributed by atoms with E-state index in [1.54, 1.807) is 0 Å². The van der Waals surface area contributed by atoms with Crippen LogP contribution in [0.3, 0.4) is 0 Å². The number of hydrogen-bond acceptors (Lipinski definition) is 6. The molecular weight excluding hydrogens is 360 g/mol. The Kier molecular flexibility index (Phi) is 9.57. The third-order valence-electron chi connectivity index (χ3n) is 5.60. The summed E-state index contributed by atoms with van der Waals surface area (Å²) in [5, 5.41) is 19.4. The van der Waals surface area contributed by atoms with E-state index in [0.29, 0.717) is 26.2 Å². The van der Waals surface area contributed by atoms with Gasteiger partial charge in [-0.05, 0) is 6.42 Å². The van der Waals surface area contributed by atoms with E-state index in [1.807, 2.05) is 4.90 Å². The highest BCUT2D eigenvalue weighted by molar-refractivity contribution is 5.52. The van der Waals surface area contributed by atoms with E-state index < -0.39 is 11.2 Å². The molecule has 0 aliphatic carbocycles. The third kappa shape index (κ3) is 6.67. The Hall–Kier alpha value is -1.80. The van der Waals surface area contributed by atoms with Gasteiger partial charge in [-0.2, -0.15) is 0 Å². The van der Waals surface area contributed by atoms with Gasteiger partial charge >= 0.3 is 5.69 Å². The number of aliphatic hydroxyl groups is 1. The van der Waals surface area contributed by atoms with Gasteiger partial charge in [0, 0.05) is 32.2 Å². The van der Waals surface area contributed by atoms with Crippen LogP contribution in [0.25, 0.3) is 0 Å². The fraction of sp³-hybridized carbons (Fsp3) is 0.800. The van der Waals surface area contributed by atoms with Gasteiger partial charge in [-0.3, -0.25) is 19.7 Å². The summed E-state index contributed by atoms with van der Waals surface area (Å²) in [5.74, 6) is -0.379. The molecule has 0 spiro atoms. The minimum atomic E-state index is -0.708. The number of aromatic nitrogens is 2. The van der Waals surface area contributed by atoms with Crippen LogP contribution in [0.5, 0.6) is 5.88 Å². The molecule has 1 unspecified atom stereocenters. The summed E-state index contributed by atoms with van der Waals surface area (Å²) < 4.78 is 0. The van der Waals surface area contributed by atoms with Gasteiger partial charge in [-0.25, -0.2) is 4.79 Å². The molecule has 8 heteroatoms. The Balaban J connectivity index is 1.89. The standard InChI is InChI=1S/C20H36N4O4/c1-2-3-4-5-6-7-8-9-10-16-15-24(12-11-23(16)13-14-25)17-18(26)21-20(28)22-19(17)27/h16,25H,2-15H2,1H3,(H3,21,22,26,27,28). The van der Waals surface area contributed by atoms with Crippen molar-refractivity contribution in [1.29, 1.82) is 0 Å². The second-order valence-electron chi connectivity index (χ2n) is 7.73. The maximum absolute atomic E-state index is 12.2. The molecule has 1 aromatic rings. The normalized spacial score (nSPS) is 17.9. The first-order chi connectivity index (χ1) is 13.6. The smallest absolute Gasteiger partial charge is 0.328 e. The highest BCUT2D eigenvalue weighted by Gasteiger charge is 2.29. The summed E-state index contributed by atoms with van der Waals surface area (Å²) in [6, 6.07) is 0.215. The lowest BCUT2D eigenvalue weighted by molar-refractivity contribution is 0.129. The van der Waals surface area contributed by atoms with Gasteiger partial charge in [0.15, 0.2) is 5.69 Å². The van der Waals surface area contributed by atoms with Gasteiger partial charge in [0.2, 0.25) is 5.88 Å². The summed E-state index contributed by atoms with van der Waals surface area (Å²) in [6.07, 6.45) is 11.1. The van der Waals surface area contributed by atoms with Crippen molar-refractivity contribution in [2.75, 3.05) is 37.7 Å². The number of nitrogens with one attached hydrogen (secondary N) is 2. The molecule has 1 aliphatic rings. The monoisotopic (exact) mass is 396 g/mol. The molecule has 0 amide bonds. The number of piperazine rings is 1. The number of H-pyrrole nitrogens is 2. The number of nitrogens with zero attached hydrogens (tertiary/aromatic N) is 2. The lowest BCUT2D eigenvalue weighted by Crippen LogP contribution is -2.55. The second-order valence-corrected chi connectivity index (χ2v) is 7.73. The summed E-state index contributed by atoms with van der Waals surface area (Å²) in [6.45, 7) is 4.82. The molecule has 0 aromatic carbocycles. The molecule has 2 heterocycles. The van der Waals surface area contributed by atoms with Crippen LogP contribution >= 0.6 is 0 Å². The Morgan fingerprint density at radius 1 is 1.00 bits per heavy atom. The second kappa shape index (κ2) is 11.9. The van der Waals surface area contributed by atoms with E-state index >= 15 is 0 Å². The van der Waals surface area contributed by atoms with Crippen LogP contribution in [-0.4, -0.2) is 63.9 Å². The van der Waals surface area contributed by atoms with Crippen LogP contribution in [0.2, 0.25) is 0 Å². The van der Waals surface area contributed by atoms with Crippen molar-refractivity contribution in [3.63, 3.8) is 0 Å². The Bertz CT molecular complexity index is 688. The number of unbranched alkanes of at least 4 members (excludes halogenated alkanes) is 7. The molecule has 0 saturated carbocycles. The van der Waals surface area contributed by atoms with Crippen LogP contribution in [0, 0.1) is 0 Å². The van der Waals surface area contributed by atoms with Crippen molar-refractivity contribution in [3.8, 4) is 5.88 Å². The molecule has 160 valence electrons. The molecular formula is C20H36N4O4. The third-order valence-corrected chi connectivity index (χ3v) is 5.60. The van der Waals surface area contributed by atoms with Gasteiger partial charge < -0.3 is 15.1 Å². The first-order valence-corrected chi connectivity index (χ1v) is 10.7. The average Bonchev–Trinajstić information content (AvgIpc) is 2.65. The van der Waals surface area contributed by atoms with Crippen LogP contribution < -0.4 is 16.1 Å². The number of aliphatic hydroxyl groups excluding tert-OH is 1. The topological polar surface area (TPSA) is 113 Å². The highest BCUT2D eigenvalue weighted by atomic mass is 16.3. The molecule has 0 bridgehead atoms. The lowest BCUT2D eigenvalue weighted by atomic mass is 10.0. The van der Waals surface area contributed by atoms with Gasteiger partial charge in [0.1, 0.15) is 0 Å². The molecule has 1 atom stereocenters. The molecule has 4 N–H and O–H groups in total. The Labute approximate surface area is 166 Å². The van der Waals surface area contributed by atoms with Crippen molar-refractivity contribution in [1.82, 2.24) is 14.9 Å². The Morgan fingerprint density at radius 3 is 2.32 bits per heavy atom. The van der Waals surface area contributed by atoms with Crippen molar-refractivity contribution in [3.05, 3.63) is 20.8 Å². The van der Waals surface area contributed by atoms with Gasteiger partial charge in [-0.15, -0.1) is 0 Å². The zero-order chi connectivity index (χ0) is 20.4. The van der Waals surface area contributed by atoms with Crippen molar-refractivity contribution < 1.29 is 10.2 Å². The molecule has 8 nitrogen and oxygen atoms in total. The van der Waals surface area contributed by atoms with Crippen LogP contribution in [0.15, 0.2) is 9.59 Å². The fourth-order valence-electron chi connectivity index (χ4n) is 4.07. The van der Waals surface area contributed by atoms with Gasteiger partial charge in [0.05, 0.1) is 6.61 Å². The largest absolute Gasteiger partial charge is 0.493 e. The summed E-state index contributed by atoms with van der Waals surface area (Å²) in [5.41, 5.74) is -1.15. The molecule has 0 radical (unpaired) electrons. The summed E-state index contributed by atoms with van der Waals surface area (Å²) in [4.78, 5) is 32.0. The number of aromatic amines is 2. The predicted octanol–water partition coefficient (Wildman–Crippen LogP) is 1.78. The highest BCUT2D eigenvalue weighted by Crippen LogP contribution is 2.24. The summed E-state index contributed by atoms with van der Waals surface area (Å²) in [7, 11) is 0. The van der Waals surface area contributed by atoms with Crippen LogP contribution in [0.1, 0.15) is 64.7 Å². The van der Waals surface area contributed by atoms with E-state index in [-0.39, 0.29) is 24.2 Å². The molecule has 1 aliphatic heterocycles. The SMILES string of the molecule is CCCCCCCCCCC1CN(c2c(O)[nH]c(=O)[nH]c2=O)CCN1CCO. The van der Waals surface area contributed by atoms with Crippen molar-refractivity contribution in [2.24, 2.45) is 0 Å². The van der Waals surface area contributed by atoms with Gasteiger partial charge in [-0.1, -0.05) is 58.3 Å². The molecule has 2 rings (SSSR count). The number of anilines is 1. The van der Waals surface area contributed by atoms with Crippen LogP contribution in [-0.2, 0) is 0 Å². The zero-order valence-corrected chi connectivity index (χ0v) is 17.1. The average molecular weight is 397 g/mol. The Morgan fingerprint density at radius 2 is 1.68 bits per heavy atom. The lowest BCUT2D eigenvalue weighted by Gasteiger charge is -2.42. The molecule has 1 saturated heterocycles. The van der Waals surface area contributed by atoms with E-state index in [4.69, 9.17) is 0 Å². The van der Waals surface area contributed by atoms with Crippen molar-refractivity contribution >= 4 is 5.69 Å². The first kappa shape index (κ1) is 22.5. The maximum atomic E-state index is 12.2. The minimum Gasteiger partial charge on any atom is -0.493 e. The van der Waals surface area contributed by atoms with Gasteiger partial charge in [0.25, 0.3) is 5.56 Å². The number of aromatic hydroxyl groups is 1. The fourth-order valence-corrected chi connectivity index (χ4v) is 4.07. The quantitative estimate of drug-likeness (QED) is 0.401. The number of hydrogen-bond donors (Lipinski definition) is 4. The van der Waals surface area contributed by atoms with E-state index in [9.17, 15) is 19.8 Å². The molecule has 1 aromatic heterocycles. The van der Waals surface area contributed by atoms with E-state index in [2.05, 4.69) is 21.8 Å². The van der Waals surface area contributed by atoms with Crippen LogP contribution in [0.4, 0.5) is 5.69 Å².